The fourth-order valence-electron chi connectivity index (χ4n) is 2.74. The van der Waals surface area contributed by atoms with Gasteiger partial charge in [-0.05, 0) is 55.8 Å². The van der Waals surface area contributed by atoms with E-state index in [-0.39, 0.29) is 11.6 Å². The summed E-state index contributed by atoms with van der Waals surface area (Å²) in [5.74, 6) is 0.824. The summed E-state index contributed by atoms with van der Waals surface area (Å²) in [6, 6.07) is 9.85. The summed E-state index contributed by atoms with van der Waals surface area (Å²) in [5, 5.41) is 0.697. The Kier molecular flexibility index (Phi) is 5.37. The molecule has 0 unspecified atom stereocenters. The predicted octanol–water partition coefficient (Wildman–Crippen LogP) is 5.00. The number of hydrogen-bond acceptors (Lipinski definition) is 3. The highest BCUT2D eigenvalue weighted by Crippen LogP contribution is 2.29. The molecule has 0 spiro atoms. The fourth-order valence-corrected chi connectivity index (χ4v) is 2.74. The molecule has 3 aromatic rings. The van der Waals surface area contributed by atoms with E-state index in [1.807, 2.05) is 32.0 Å². The minimum absolute atomic E-state index is 0.158. The zero-order chi connectivity index (χ0) is 18.5. The van der Waals surface area contributed by atoms with Crippen LogP contribution in [0.15, 0.2) is 48.7 Å². The fraction of sp³-hybridized carbons (Fsp3) is 0.190. The summed E-state index contributed by atoms with van der Waals surface area (Å²) in [6.45, 7) is 4.89. The van der Waals surface area contributed by atoms with Crippen molar-refractivity contribution in [1.82, 2.24) is 4.98 Å². The molecule has 0 saturated carbocycles. The van der Waals surface area contributed by atoms with E-state index in [0.717, 1.165) is 5.56 Å². The summed E-state index contributed by atoms with van der Waals surface area (Å²) in [4.78, 5) is 15.4. The Morgan fingerprint density at radius 2 is 1.85 bits per heavy atom. The summed E-state index contributed by atoms with van der Waals surface area (Å²) in [7, 11) is 0. The van der Waals surface area contributed by atoms with Crippen molar-refractivity contribution in [3.8, 4) is 11.5 Å². The Morgan fingerprint density at radius 3 is 2.62 bits per heavy atom. The van der Waals surface area contributed by atoms with E-state index in [4.69, 9.17) is 9.47 Å². The third-order valence-corrected chi connectivity index (χ3v) is 3.90. The highest BCUT2D eigenvalue weighted by Gasteiger charge is 2.10. The van der Waals surface area contributed by atoms with Crippen LogP contribution < -0.4 is 9.47 Å². The number of carbonyl (C=O) groups excluding carboxylic acids is 1. The molecule has 0 aliphatic rings. The third-order valence-electron chi connectivity index (χ3n) is 3.90. The van der Waals surface area contributed by atoms with Gasteiger partial charge in [0.15, 0.2) is 17.3 Å². The van der Waals surface area contributed by atoms with Gasteiger partial charge in [0, 0.05) is 22.7 Å². The lowest BCUT2D eigenvalue weighted by Gasteiger charge is -2.11. The average molecular weight is 353 g/mol. The monoisotopic (exact) mass is 353 g/mol. The van der Waals surface area contributed by atoms with Crippen LogP contribution in [0, 0.1) is 5.82 Å². The maximum Gasteiger partial charge on any atom is 0.187 e. The van der Waals surface area contributed by atoms with Gasteiger partial charge in [0.1, 0.15) is 5.82 Å². The predicted molar refractivity (Wildman–Crippen MR) is 100 cm³/mol. The molecular formula is C21H20FNO3. The van der Waals surface area contributed by atoms with E-state index >= 15 is 0 Å². The Hall–Kier alpha value is -3.08. The van der Waals surface area contributed by atoms with Crippen molar-refractivity contribution in [2.24, 2.45) is 0 Å². The van der Waals surface area contributed by atoms with Crippen LogP contribution in [-0.2, 0) is 0 Å². The molecule has 1 aromatic heterocycles. The van der Waals surface area contributed by atoms with Gasteiger partial charge < -0.3 is 14.5 Å². The van der Waals surface area contributed by atoms with E-state index in [2.05, 4.69) is 4.98 Å². The maximum absolute atomic E-state index is 13.3. The van der Waals surface area contributed by atoms with Gasteiger partial charge in [-0.1, -0.05) is 12.1 Å². The van der Waals surface area contributed by atoms with Crippen LogP contribution >= 0.6 is 0 Å². The van der Waals surface area contributed by atoms with Crippen LogP contribution in [0.4, 0.5) is 4.39 Å². The highest BCUT2D eigenvalue weighted by atomic mass is 19.1. The van der Waals surface area contributed by atoms with Crippen molar-refractivity contribution in [2.75, 3.05) is 13.2 Å². The number of hydrogen-bond donors (Lipinski definition) is 1. The molecule has 0 saturated heterocycles. The minimum atomic E-state index is -0.341. The second-order valence-corrected chi connectivity index (χ2v) is 5.66. The van der Waals surface area contributed by atoms with Crippen LogP contribution in [0.1, 0.15) is 29.8 Å². The van der Waals surface area contributed by atoms with Crippen LogP contribution in [-0.4, -0.2) is 24.0 Å². The van der Waals surface area contributed by atoms with E-state index in [1.165, 1.54) is 18.2 Å². The van der Waals surface area contributed by atoms with E-state index in [9.17, 15) is 9.18 Å². The Balaban J connectivity index is 1.84. The van der Waals surface area contributed by atoms with Gasteiger partial charge in [-0.25, -0.2) is 4.39 Å². The van der Waals surface area contributed by atoms with E-state index in [1.54, 1.807) is 18.3 Å². The first-order chi connectivity index (χ1) is 12.6. The molecule has 0 radical (unpaired) electrons. The molecule has 5 heteroatoms. The quantitative estimate of drug-likeness (QED) is 0.480. The molecule has 0 aliphatic carbocycles. The van der Waals surface area contributed by atoms with Gasteiger partial charge in [-0.15, -0.1) is 0 Å². The minimum Gasteiger partial charge on any atom is -0.490 e. The zero-order valence-corrected chi connectivity index (χ0v) is 14.7. The largest absolute Gasteiger partial charge is 0.490 e. The number of benzene rings is 2. The molecule has 3 rings (SSSR count). The lowest BCUT2D eigenvalue weighted by molar-refractivity contribution is 0.104. The number of nitrogens with one attached hydrogen (secondary N) is 1. The SMILES string of the molecule is CCOc1ccc(/C=C/C(=O)c2c[nH]c3cc(F)ccc23)cc1OCC. The van der Waals surface area contributed by atoms with Crippen molar-refractivity contribution in [1.29, 1.82) is 0 Å². The van der Waals surface area contributed by atoms with Crippen molar-refractivity contribution < 1.29 is 18.7 Å². The molecule has 1 heterocycles. The normalized spacial score (nSPS) is 11.2. The standard InChI is InChI=1S/C21H20FNO3/c1-3-25-20-10-6-14(11-21(20)26-4-2)5-9-19(24)17-13-23-18-12-15(22)7-8-16(17)18/h5-13,23H,3-4H2,1-2H3/b9-5+. The van der Waals surface area contributed by atoms with Crippen LogP contribution in [0.5, 0.6) is 11.5 Å². The van der Waals surface area contributed by atoms with Gasteiger partial charge in [-0.2, -0.15) is 0 Å². The van der Waals surface area contributed by atoms with Gasteiger partial charge in [-0.3, -0.25) is 4.79 Å². The third kappa shape index (κ3) is 3.77. The summed E-state index contributed by atoms with van der Waals surface area (Å²) < 4.78 is 24.4. The van der Waals surface area contributed by atoms with Gasteiger partial charge in [0.2, 0.25) is 0 Å². The Labute approximate surface area is 151 Å². The number of halogens is 1. The van der Waals surface area contributed by atoms with Crippen molar-refractivity contribution in [2.45, 2.75) is 13.8 Å². The molecule has 0 atom stereocenters. The van der Waals surface area contributed by atoms with Gasteiger partial charge in [0.25, 0.3) is 0 Å². The number of carbonyl (C=O) groups is 1. The van der Waals surface area contributed by atoms with Crippen LogP contribution in [0.3, 0.4) is 0 Å². The zero-order valence-electron chi connectivity index (χ0n) is 14.7. The summed E-state index contributed by atoms with van der Waals surface area (Å²) in [5.41, 5.74) is 1.94. The maximum atomic E-state index is 13.3. The number of fused-ring (bicyclic) bond motifs is 1. The smallest absolute Gasteiger partial charge is 0.187 e. The average Bonchev–Trinajstić information content (AvgIpc) is 3.05. The molecule has 4 nitrogen and oxygen atoms in total. The number of H-pyrrole nitrogens is 1. The number of aromatic amines is 1. The lowest BCUT2D eigenvalue weighted by Crippen LogP contribution is -1.98. The summed E-state index contributed by atoms with van der Waals surface area (Å²) in [6.07, 6.45) is 4.82. The van der Waals surface area contributed by atoms with Crippen LogP contribution in [0.25, 0.3) is 17.0 Å². The Morgan fingerprint density at radius 1 is 1.08 bits per heavy atom. The molecule has 26 heavy (non-hydrogen) atoms. The van der Waals surface area contributed by atoms with E-state index in [0.29, 0.717) is 41.2 Å². The molecule has 0 aliphatic heterocycles. The van der Waals surface area contributed by atoms with Crippen molar-refractivity contribution in [3.63, 3.8) is 0 Å². The number of ether oxygens (including phenoxy) is 2. The Bertz CT molecular complexity index is 959. The molecule has 2 aromatic carbocycles. The molecular weight excluding hydrogens is 333 g/mol. The molecule has 1 N–H and O–H groups in total. The summed E-state index contributed by atoms with van der Waals surface area (Å²) >= 11 is 0. The topological polar surface area (TPSA) is 51.3 Å². The molecule has 0 amide bonds. The second-order valence-electron chi connectivity index (χ2n) is 5.66. The van der Waals surface area contributed by atoms with E-state index < -0.39 is 0 Å². The first-order valence-corrected chi connectivity index (χ1v) is 8.51. The molecule has 0 bridgehead atoms. The highest BCUT2D eigenvalue weighted by molar-refractivity contribution is 6.14. The second kappa shape index (κ2) is 7.87. The lowest BCUT2D eigenvalue weighted by atomic mass is 10.1. The first kappa shape index (κ1) is 17.7. The van der Waals surface area contributed by atoms with Crippen molar-refractivity contribution >= 4 is 22.8 Å². The number of allylic oxidation sites excluding steroid dienone is 1. The van der Waals surface area contributed by atoms with Crippen LogP contribution in [0.2, 0.25) is 0 Å². The van der Waals surface area contributed by atoms with Gasteiger partial charge >= 0.3 is 0 Å². The number of rotatable bonds is 7. The molecule has 0 fully saturated rings. The van der Waals surface area contributed by atoms with Gasteiger partial charge in [0.05, 0.1) is 13.2 Å². The first-order valence-electron chi connectivity index (χ1n) is 8.51. The molecule has 134 valence electrons. The number of aromatic nitrogens is 1. The number of ketones is 1. The van der Waals surface area contributed by atoms with Crippen molar-refractivity contribution in [3.05, 3.63) is 65.6 Å².